The van der Waals surface area contributed by atoms with Gasteiger partial charge in [0.25, 0.3) is 0 Å². The van der Waals surface area contributed by atoms with Crippen LogP contribution in [0.4, 0.5) is 4.79 Å². The van der Waals surface area contributed by atoms with E-state index in [9.17, 15) is 4.79 Å². The summed E-state index contributed by atoms with van der Waals surface area (Å²) in [5.41, 5.74) is 3.53. The van der Waals surface area contributed by atoms with E-state index in [4.69, 9.17) is 4.74 Å². The van der Waals surface area contributed by atoms with E-state index >= 15 is 0 Å². The Balaban J connectivity index is 1.51. The van der Waals surface area contributed by atoms with Gasteiger partial charge in [-0.1, -0.05) is 24.3 Å². The molecule has 0 bridgehead atoms. The van der Waals surface area contributed by atoms with Gasteiger partial charge >= 0.3 is 6.09 Å². The molecule has 1 fully saturated rings. The van der Waals surface area contributed by atoms with Crippen LogP contribution < -0.4 is 0 Å². The molecule has 1 aliphatic rings. The van der Waals surface area contributed by atoms with E-state index in [1.54, 1.807) is 17.4 Å². The molecule has 1 unspecified atom stereocenters. The van der Waals surface area contributed by atoms with Crippen molar-refractivity contribution in [2.24, 2.45) is 0 Å². The van der Waals surface area contributed by atoms with E-state index in [1.165, 1.54) is 0 Å². The van der Waals surface area contributed by atoms with Crippen molar-refractivity contribution in [1.29, 1.82) is 0 Å². The monoisotopic (exact) mass is 379 g/mol. The highest BCUT2D eigenvalue weighted by atomic mass is 16.6. The van der Waals surface area contributed by atoms with E-state index in [0.717, 1.165) is 41.2 Å². The lowest BCUT2D eigenvalue weighted by atomic mass is 10.1. The Labute approximate surface area is 164 Å². The fraction of sp³-hybridized carbons (Fsp3) is 0.381. The lowest BCUT2D eigenvalue weighted by Crippen LogP contribution is -2.36. The van der Waals surface area contributed by atoms with Gasteiger partial charge in [0.2, 0.25) is 0 Å². The van der Waals surface area contributed by atoms with E-state index in [1.807, 2.05) is 51.2 Å². The van der Waals surface area contributed by atoms with Crippen LogP contribution in [0.15, 0.2) is 43.0 Å². The third-order valence-electron chi connectivity index (χ3n) is 4.80. The Hall–Kier alpha value is -3.09. The Kier molecular flexibility index (Phi) is 4.66. The van der Waals surface area contributed by atoms with Gasteiger partial charge in [-0.3, -0.25) is 4.90 Å². The predicted octanol–water partition coefficient (Wildman–Crippen LogP) is 4.54. The van der Waals surface area contributed by atoms with Crippen LogP contribution in [0.3, 0.4) is 0 Å². The van der Waals surface area contributed by atoms with Gasteiger partial charge in [0.05, 0.1) is 36.2 Å². The van der Waals surface area contributed by atoms with Crippen LogP contribution >= 0.6 is 0 Å². The molecule has 1 aromatic carbocycles. The lowest BCUT2D eigenvalue weighted by Gasteiger charge is -2.27. The summed E-state index contributed by atoms with van der Waals surface area (Å²) in [6, 6.07) is 8.12. The Morgan fingerprint density at radius 2 is 1.86 bits per heavy atom. The number of nitrogens with one attached hydrogen (secondary N) is 2. The Morgan fingerprint density at radius 1 is 1.14 bits per heavy atom. The van der Waals surface area contributed by atoms with Crippen molar-refractivity contribution in [3.05, 3.63) is 48.8 Å². The van der Waals surface area contributed by atoms with Gasteiger partial charge in [0.15, 0.2) is 0 Å². The van der Waals surface area contributed by atoms with E-state index < -0.39 is 5.60 Å². The molecule has 0 spiro atoms. The van der Waals surface area contributed by atoms with Crippen molar-refractivity contribution in [3.63, 3.8) is 0 Å². The van der Waals surface area contributed by atoms with Crippen LogP contribution in [-0.2, 0) is 4.74 Å². The van der Waals surface area contributed by atoms with E-state index in [0.29, 0.717) is 6.54 Å². The van der Waals surface area contributed by atoms with Crippen molar-refractivity contribution in [1.82, 2.24) is 24.8 Å². The molecule has 3 aromatic rings. The summed E-state index contributed by atoms with van der Waals surface area (Å²) in [7, 11) is 0. The molecule has 1 saturated heterocycles. The minimum Gasteiger partial charge on any atom is -0.444 e. The number of ether oxygens (including phenoxy) is 1. The third kappa shape index (κ3) is 3.78. The molecule has 1 aliphatic heterocycles. The summed E-state index contributed by atoms with van der Waals surface area (Å²) in [5.74, 6) is 0.802. The van der Waals surface area contributed by atoms with Gasteiger partial charge in [-0.2, -0.15) is 0 Å². The van der Waals surface area contributed by atoms with Crippen molar-refractivity contribution < 1.29 is 9.53 Å². The first-order valence-corrected chi connectivity index (χ1v) is 9.54. The number of aromatic nitrogens is 4. The molecule has 4 rings (SSSR count). The fourth-order valence-corrected chi connectivity index (χ4v) is 3.49. The maximum Gasteiger partial charge on any atom is 0.410 e. The van der Waals surface area contributed by atoms with Gasteiger partial charge in [0.1, 0.15) is 11.4 Å². The summed E-state index contributed by atoms with van der Waals surface area (Å²) in [6.07, 6.45) is 6.84. The van der Waals surface area contributed by atoms with Crippen LogP contribution in [0.1, 0.15) is 45.5 Å². The van der Waals surface area contributed by atoms with Gasteiger partial charge in [0, 0.05) is 6.54 Å². The summed E-state index contributed by atoms with van der Waals surface area (Å²) >= 11 is 0. The number of likely N-dealkylation sites (tertiary alicyclic amines) is 1. The quantitative estimate of drug-likeness (QED) is 0.699. The number of H-pyrrole nitrogens is 2. The smallest absolute Gasteiger partial charge is 0.410 e. The van der Waals surface area contributed by atoms with E-state index in [-0.39, 0.29) is 12.1 Å². The average molecular weight is 379 g/mol. The summed E-state index contributed by atoms with van der Waals surface area (Å²) in [4.78, 5) is 29.4. The SMILES string of the molecule is CC(C)(C)OC(=O)N1CCCC1c1ncc(-c2ccc(-c3cnc[nH]3)cc2)[nH]1. The molecule has 1 atom stereocenters. The van der Waals surface area contributed by atoms with Crippen molar-refractivity contribution in [2.75, 3.05) is 6.54 Å². The maximum atomic E-state index is 12.5. The number of benzene rings is 1. The summed E-state index contributed by atoms with van der Waals surface area (Å²) in [6.45, 7) is 6.34. The number of hydrogen-bond acceptors (Lipinski definition) is 4. The second kappa shape index (κ2) is 7.14. The lowest BCUT2D eigenvalue weighted by molar-refractivity contribution is 0.0219. The van der Waals surface area contributed by atoms with Gasteiger partial charge in [-0.15, -0.1) is 0 Å². The largest absolute Gasteiger partial charge is 0.444 e. The molecule has 2 aromatic heterocycles. The van der Waals surface area contributed by atoms with Crippen LogP contribution in [0.2, 0.25) is 0 Å². The first-order chi connectivity index (χ1) is 13.4. The van der Waals surface area contributed by atoms with Gasteiger partial charge in [-0.05, 0) is 44.7 Å². The second-order valence-corrected chi connectivity index (χ2v) is 8.06. The third-order valence-corrected chi connectivity index (χ3v) is 4.80. The zero-order valence-corrected chi connectivity index (χ0v) is 16.4. The Bertz CT molecular complexity index is 938. The summed E-state index contributed by atoms with van der Waals surface area (Å²) in [5, 5.41) is 0. The normalized spacial score (nSPS) is 17.1. The highest BCUT2D eigenvalue weighted by Crippen LogP contribution is 2.33. The maximum absolute atomic E-state index is 12.5. The molecular weight excluding hydrogens is 354 g/mol. The minimum atomic E-state index is -0.505. The molecule has 7 heteroatoms. The van der Waals surface area contributed by atoms with Gasteiger partial charge < -0.3 is 14.7 Å². The Morgan fingerprint density at radius 3 is 2.50 bits per heavy atom. The second-order valence-electron chi connectivity index (χ2n) is 8.06. The molecular formula is C21H25N5O2. The highest BCUT2D eigenvalue weighted by molar-refractivity contribution is 5.69. The number of amides is 1. The number of aromatic amines is 2. The molecule has 0 radical (unpaired) electrons. The number of carbonyl (C=O) groups is 1. The average Bonchev–Trinajstić information content (AvgIpc) is 3.40. The molecule has 0 saturated carbocycles. The molecule has 146 valence electrons. The van der Waals surface area contributed by atoms with Crippen LogP contribution in [0.25, 0.3) is 22.5 Å². The van der Waals surface area contributed by atoms with Crippen LogP contribution in [0.5, 0.6) is 0 Å². The topological polar surface area (TPSA) is 86.9 Å². The molecule has 1 amide bonds. The molecule has 28 heavy (non-hydrogen) atoms. The molecule has 0 aliphatic carbocycles. The number of hydrogen-bond donors (Lipinski definition) is 2. The highest BCUT2D eigenvalue weighted by Gasteiger charge is 2.34. The van der Waals surface area contributed by atoms with Gasteiger partial charge in [-0.25, -0.2) is 14.8 Å². The number of carbonyl (C=O) groups excluding carboxylic acids is 1. The zero-order valence-electron chi connectivity index (χ0n) is 16.4. The predicted molar refractivity (Wildman–Crippen MR) is 107 cm³/mol. The van der Waals surface area contributed by atoms with E-state index in [2.05, 4.69) is 19.9 Å². The van der Waals surface area contributed by atoms with Crippen molar-refractivity contribution in [3.8, 4) is 22.5 Å². The van der Waals surface area contributed by atoms with Crippen molar-refractivity contribution in [2.45, 2.75) is 45.3 Å². The van der Waals surface area contributed by atoms with Crippen molar-refractivity contribution >= 4 is 6.09 Å². The number of rotatable bonds is 3. The number of nitrogens with zero attached hydrogens (tertiary/aromatic N) is 3. The fourth-order valence-electron chi connectivity index (χ4n) is 3.49. The number of imidazole rings is 2. The molecule has 3 heterocycles. The standard InChI is InChI=1S/C21H25N5O2/c1-21(2,3)28-20(27)26-10-4-5-18(26)19-23-12-17(25-19)15-8-6-14(7-9-15)16-11-22-13-24-16/h6-9,11-13,18H,4-5,10H2,1-3H3,(H,22,24)(H,23,25). The minimum absolute atomic E-state index is 0.0760. The first kappa shape index (κ1) is 18.3. The zero-order chi connectivity index (χ0) is 19.7. The molecule has 2 N–H and O–H groups in total. The van der Waals surface area contributed by atoms with Crippen LogP contribution in [-0.4, -0.2) is 43.1 Å². The molecule has 7 nitrogen and oxygen atoms in total. The first-order valence-electron chi connectivity index (χ1n) is 9.54. The summed E-state index contributed by atoms with van der Waals surface area (Å²) < 4.78 is 5.55. The van der Waals surface area contributed by atoms with Crippen LogP contribution in [0, 0.1) is 0 Å².